The molecule has 0 spiro atoms. The van der Waals surface area contributed by atoms with Crippen molar-refractivity contribution in [2.24, 2.45) is 11.7 Å². The van der Waals surface area contributed by atoms with Gasteiger partial charge in [0.1, 0.15) is 23.9 Å². The number of nitrogens with two attached hydrogens (primary N) is 1. The third kappa shape index (κ3) is 9.46. The van der Waals surface area contributed by atoms with Crippen LogP contribution < -0.4 is 21.7 Å². The number of amides is 3. The van der Waals surface area contributed by atoms with E-state index < -0.39 is 47.9 Å². The number of aromatic amines is 1. The van der Waals surface area contributed by atoms with Gasteiger partial charge >= 0.3 is 5.97 Å². The number of carbonyl (C=O) groups excluding carboxylic acids is 3. The Bertz CT molecular complexity index is 1300. The van der Waals surface area contributed by atoms with Crippen molar-refractivity contribution in [3.05, 3.63) is 83.9 Å². The molecule has 12 nitrogen and oxygen atoms in total. The van der Waals surface area contributed by atoms with Gasteiger partial charge in [0, 0.05) is 24.7 Å². The van der Waals surface area contributed by atoms with E-state index in [1.165, 1.54) is 24.7 Å². The summed E-state index contributed by atoms with van der Waals surface area (Å²) in [5.74, 6) is -3.36. The van der Waals surface area contributed by atoms with Crippen LogP contribution in [0.15, 0.2) is 67.1 Å². The summed E-state index contributed by atoms with van der Waals surface area (Å²) in [5, 5.41) is 27.1. The Hall–Kier alpha value is -4.71. The number of aliphatic carboxylic acids is 1. The zero-order valence-electron chi connectivity index (χ0n) is 22.9. The number of carbonyl (C=O) groups is 4. The Labute approximate surface area is 237 Å². The van der Waals surface area contributed by atoms with E-state index in [0.717, 1.165) is 11.1 Å². The Morgan fingerprint density at radius 2 is 1.46 bits per heavy atom. The average Bonchev–Trinajstić information content (AvgIpc) is 3.45. The number of imidazole rings is 1. The molecule has 4 atom stereocenters. The molecule has 12 heteroatoms. The number of nitrogens with one attached hydrogen (secondary N) is 4. The molecule has 0 aliphatic rings. The minimum atomic E-state index is -1.27. The van der Waals surface area contributed by atoms with Crippen molar-refractivity contribution in [1.29, 1.82) is 0 Å². The van der Waals surface area contributed by atoms with Gasteiger partial charge in [0.2, 0.25) is 17.7 Å². The molecule has 0 aliphatic heterocycles. The van der Waals surface area contributed by atoms with E-state index >= 15 is 0 Å². The highest BCUT2D eigenvalue weighted by molar-refractivity contribution is 5.94. The zero-order chi connectivity index (χ0) is 29.9. The van der Waals surface area contributed by atoms with E-state index in [4.69, 9.17) is 5.73 Å². The Morgan fingerprint density at radius 3 is 2.05 bits per heavy atom. The number of nitrogens with zero attached hydrogens (tertiary/aromatic N) is 1. The van der Waals surface area contributed by atoms with Gasteiger partial charge in [-0.2, -0.15) is 0 Å². The normalized spacial score (nSPS) is 14.0. The molecular weight excluding hydrogens is 528 g/mol. The Balaban J connectivity index is 1.73. The van der Waals surface area contributed by atoms with Crippen LogP contribution in [0.3, 0.4) is 0 Å². The molecule has 1 heterocycles. The van der Waals surface area contributed by atoms with Crippen LogP contribution in [-0.4, -0.2) is 68.0 Å². The first-order chi connectivity index (χ1) is 19.5. The van der Waals surface area contributed by atoms with Gasteiger partial charge in [-0.25, -0.2) is 9.78 Å². The van der Waals surface area contributed by atoms with Gasteiger partial charge in [0.05, 0.1) is 12.4 Å². The molecule has 3 amide bonds. The molecule has 2 aromatic carbocycles. The minimum Gasteiger partial charge on any atom is -0.508 e. The predicted octanol–water partition coefficient (Wildman–Crippen LogP) is 0.666. The summed E-state index contributed by atoms with van der Waals surface area (Å²) in [4.78, 5) is 58.2. The standard InChI is InChI=1S/C29H36N6O6/c1-17(2)25(35-26(37)22(30)12-19-8-10-21(36)11-9-19)28(39)33-23(13-18-6-4-3-5-7-18)27(38)34-24(29(40)41)14-20-15-31-16-32-20/h3-11,15-17,22-25,36H,12-14,30H2,1-2H3,(H,31,32)(H,33,39)(H,34,38)(H,35,37)(H,40,41). The zero-order valence-corrected chi connectivity index (χ0v) is 22.9. The summed E-state index contributed by atoms with van der Waals surface area (Å²) in [6, 6.07) is 10.9. The topological polar surface area (TPSA) is 200 Å². The highest BCUT2D eigenvalue weighted by atomic mass is 16.4. The molecule has 0 bridgehead atoms. The van der Waals surface area contributed by atoms with Crippen molar-refractivity contribution < 1.29 is 29.4 Å². The van der Waals surface area contributed by atoms with Crippen molar-refractivity contribution in [2.45, 2.75) is 57.3 Å². The number of H-pyrrole nitrogens is 1. The molecule has 0 fully saturated rings. The van der Waals surface area contributed by atoms with Gasteiger partial charge in [-0.3, -0.25) is 14.4 Å². The lowest BCUT2D eigenvalue weighted by Crippen LogP contribution is -2.59. The number of phenolic OH excluding ortho intramolecular Hbond substituents is 1. The number of hydrogen-bond donors (Lipinski definition) is 7. The van der Waals surface area contributed by atoms with E-state index in [1.807, 2.05) is 6.07 Å². The molecule has 1 aromatic heterocycles. The summed E-state index contributed by atoms with van der Waals surface area (Å²) in [5.41, 5.74) is 8.09. The number of aromatic hydroxyl groups is 1. The maximum atomic E-state index is 13.4. The maximum Gasteiger partial charge on any atom is 0.326 e. The first kappa shape index (κ1) is 30.8. The van der Waals surface area contributed by atoms with E-state index in [-0.39, 0.29) is 30.9 Å². The quantitative estimate of drug-likeness (QED) is 0.148. The first-order valence-electron chi connectivity index (χ1n) is 13.2. The minimum absolute atomic E-state index is 0.0311. The van der Waals surface area contributed by atoms with Gasteiger partial charge in [-0.1, -0.05) is 56.3 Å². The Kier molecular flexibility index (Phi) is 11.0. The van der Waals surface area contributed by atoms with Crippen molar-refractivity contribution in [3.8, 4) is 5.75 Å². The SMILES string of the molecule is CC(C)C(NC(=O)C(N)Cc1ccc(O)cc1)C(=O)NC(Cc1ccccc1)C(=O)NC(Cc1cnc[nH]1)C(=O)O. The van der Waals surface area contributed by atoms with E-state index in [1.54, 1.807) is 50.2 Å². The fourth-order valence-corrected chi connectivity index (χ4v) is 4.18. The number of phenols is 1. The molecule has 3 rings (SSSR count). The molecule has 218 valence electrons. The fraction of sp³-hybridized carbons (Fsp3) is 0.345. The van der Waals surface area contributed by atoms with Crippen molar-refractivity contribution >= 4 is 23.7 Å². The third-order valence-corrected chi connectivity index (χ3v) is 6.48. The summed E-state index contributed by atoms with van der Waals surface area (Å²) in [6.07, 6.45) is 3.12. The second-order valence-corrected chi connectivity index (χ2v) is 10.1. The molecule has 41 heavy (non-hydrogen) atoms. The average molecular weight is 565 g/mol. The van der Waals surface area contributed by atoms with Crippen LogP contribution in [0.5, 0.6) is 5.75 Å². The van der Waals surface area contributed by atoms with Crippen LogP contribution in [-0.2, 0) is 38.4 Å². The lowest BCUT2D eigenvalue weighted by molar-refractivity contribution is -0.142. The lowest BCUT2D eigenvalue weighted by Gasteiger charge is -2.27. The summed E-state index contributed by atoms with van der Waals surface area (Å²) < 4.78 is 0. The van der Waals surface area contributed by atoms with Crippen molar-refractivity contribution in [2.75, 3.05) is 0 Å². The van der Waals surface area contributed by atoms with Gasteiger partial charge in [-0.15, -0.1) is 0 Å². The van der Waals surface area contributed by atoms with E-state index in [0.29, 0.717) is 5.69 Å². The number of hydrogen-bond acceptors (Lipinski definition) is 7. The molecule has 3 aromatic rings. The molecule has 0 saturated heterocycles. The van der Waals surface area contributed by atoms with Crippen LogP contribution >= 0.6 is 0 Å². The molecule has 0 radical (unpaired) electrons. The summed E-state index contributed by atoms with van der Waals surface area (Å²) in [7, 11) is 0. The molecule has 8 N–H and O–H groups in total. The van der Waals surface area contributed by atoms with Crippen molar-refractivity contribution in [1.82, 2.24) is 25.9 Å². The maximum absolute atomic E-state index is 13.4. The van der Waals surface area contributed by atoms with Gasteiger partial charge < -0.3 is 36.9 Å². The number of carboxylic acids is 1. The van der Waals surface area contributed by atoms with Crippen LogP contribution in [0.4, 0.5) is 0 Å². The van der Waals surface area contributed by atoms with E-state index in [2.05, 4.69) is 25.9 Å². The molecule has 0 saturated carbocycles. The van der Waals surface area contributed by atoms with Crippen LogP contribution in [0, 0.1) is 5.92 Å². The number of carboxylic acid groups (broad SMARTS) is 1. The first-order valence-corrected chi connectivity index (χ1v) is 13.2. The predicted molar refractivity (Wildman–Crippen MR) is 150 cm³/mol. The summed E-state index contributed by atoms with van der Waals surface area (Å²) >= 11 is 0. The molecule has 4 unspecified atom stereocenters. The van der Waals surface area contributed by atoms with Crippen LogP contribution in [0.25, 0.3) is 0 Å². The fourth-order valence-electron chi connectivity index (χ4n) is 4.18. The van der Waals surface area contributed by atoms with Crippen molar-refractivity contribution in [3.63, 3.8) is 0 Å². The number of aromatic nitrogens is 2. The van der Waals surface area contributed by atoms with Gasteiger partial charge in [0.15, 0.2) is 0 Å². The largest absolute Gasteiger partial charge is 0.508 e. The highest BCUT2D eigenvalue weighted by Crippen LogP contribution is 2.12. The van der Waals surface area contributed by atoms with Gasteiger partial charge in [0.25, 0.3) is 0 Å². The smallest absolute Gasteiger partial charge is 0.326 e. The second kappa shape index (κ2) is 14.6. The Morgan fingerprint density at radius 1 is 0.829 bits per heavy atom. The van der Waals surface area contributed by atoms with Crippen LogP contribution in [0.2, 0.25) is 0 Å². The second-order valence-electron chi connectivity index (χ2n) is 10.1. The number of rotatable bonds is 14. The summed E-state index contributed by atoms with van der Waals surface area (Å²) in [6.45, 7) is 3.49. The molecule has 0 aliphatic carbocycles. The monoisotopic (exact) mass is 564 g/mol. The van der Waals surface area contributed by atoms with Gasteiger partial charge in [-0.05, 0) is 35.6 Å². The lowest BCUT2D eigenvalue weighted by atomic mass is 9.99. The third-order valence-electron chi connectivity index (χ3n) is 6.48. The highest BCUT2D eigenvalue weighted by Gasteiger charge is 2.32. The number of benzene rings is 2. The van der Waals surface area contributed by atoms with Crippen LogP contribution in [0.1, 0.15) is 30.7 Å². The molecular formula is C29H36N6O6. The van der Waals surface area contributed by atoms with E-state index in [9.17, 15) is 29.4 Å².